The molecular formula is C12H19N. The quantitative estimate of drug-likeness (QED) is 0.613. The molecule has 0 saturated carbocycles. The lowest BCUT2D eigenvalue weighted by Gasteiger charge is -2.26. The molecule has 0 amide bonds. The second-order valence-corrected chi connectivity index (χ2v) is 4.09. The highest BCUT2D eigenvalue weighted by atomic mass is 14.8. The molecule has 0 aromatic heterocycles. The summed E-state index contributed by atoms with van der Waals surface area (Å²) in [4.78, 5) is 4.56. The van der Waals surface area contributed by atoms with Crippen molar-refractivity contribution < 1.29 is 0 Å². The van der Waals surface area contributed by atoms with E-state index in [1.165, 1.54) is 5.57 Å². The Kier molecular flexibility index (Phi) is 3.07. The fourth-order valence-corrected chi connectivity index (χ4v) is 1.37. The molecule has 1 atom stereocenters. The topological polar surface area (TPSA) is 12.4 Å². The molecule has 0 radical (unpaired) electrons. The van der Waals surface area contributed by atoms with Crippen LogP contribution >= 0.6 is 0 Å². The van der Waals surface area contributed by atoms with E-state index in [0.717, 1.165) is 6.42 Å². The summed E-state index contributed by atoms with van der Waals surface area (Å²) in [5.74, 6) is 0.546. The maximum Gasteiger partial charge on any atom is 0.0787 e. The summed E-state index contributed by atoms with van der Waals surface area (Å²) in [6, 6.07) is 0. The van der Waals surface area contributed by atoms with Gasteiger partial charge in [-0.15, -0.1) is 0 Å². The van der Waals surface area contributed by atoms with Crippen molar-refractivity contribution >= 4 is 6.21 Å². The van der Waals surface area contributed by atoms with Crippen LogP contribution in [0.2, 0.25) is 0 Å². The lowest BCUT2D eigenvalue weighted by molar-refractivity contribution is 0.422. The fraction of sp³-hybridized carbons (Fsp3) is 0.583. The van der Waals surface area contributed by atoms with Gasteiger partial charge in [0.25, 0.3) is 0 Å². The molecule has 0 aromatic rings. The van der Waals surface area contributed by atoms with Crippen LogP contribution in [0.15, 0.2) is 28.8 Å². The van der Waals surface area contributed by atoms with Crippen LogP contribution in [0.4, 0.5) is 0 Å². The van der Waals surface area contributed by atoms with Crippen LogP contribution in [0.25, 0.3) is 0 Å². The number of allylic oxidation sites excluding steroid dienone is 3. The Labute approximate surface area is 81.3 Å². The van der Waals surface area contributed by atoms with Crippen LogP contribution in [-0.2, 0) is 0 Å². The molecule has 13 heavy (non-hydrogen) atoms. The van der Waals surface area contributed by atoms with Crippen LogP contribution in [0.1, 0.15) is 34.1 Å². The number of hydrogen-bond donors (Lipinski definition) is 0. The highest BCUT2D eigenvalue weighted by Crippen LogP contribution is 2.26. The minimum Gasteiger partial charge on any atom is -0.282 e. The summed E-state index contributed by atoms with van der Waals surface area (Å²) in [5, 5.41) is 0. The summed E-state index contributed by atoms with van der Waals surface area (Å²) in [5.41, 5.74) is 1.36. The lowest BCUT2D eigenvalue weighted by atomic mass is 9.87. The molecule has 0 saturated heterocycles. The van der Waals surface area contributed by atoms with Crippen molar-refractivity contribution in [2.24, 2.45) is 10.9 Å². The average molecular weight is 177 g/mol. The van der Waals surface area contributed by atoms with Gasteiger partial charge in [-0.2, -0.15) is 0 Å². The lowest BCUT2D eigenvalue weighted by Crippen LogP contribution is -2.26. The third kappa shape index (κ3) is 2.30. The maximum absolute atomic E-state index is 4.56. The van der Waals surface area contributed by atoms with Crippen molar-refractivity contribution in [3.8, 4) is 0 Å². The largest absolute Gasteiger partial charge is 0.282 e. The SMILES string of the molecule is CCC1=CC(C)(C(C)C)N=CC=C1. The van der Waals surface area contributed by atoms with Crippen LogP contribution in [-0.4, -0.2) is 11.8 Å². The number of hydrogen-bond acceptors (Lipinski definition) is 1. The molecular weight excluding hydrogens is 158 g/mol. The van der Waals surface area contributed by atoms with E-state index in [0.29, 0.717) is 5.92 Å². The molecule has 1 rings (SSSR count). The maximum atomic E-state index is 4.56. The Morgan fingerprint density at radius 2 is 2.15 bits per heavy atom. The first-order chi connectivity index (χ1) is 6.08. The van der Waals surface area contributed by atoms with Crippen molar-refractivity contribution in [3.05, 3.63) is 23.8 Å². The molecule has 1 heteroatoms. The van der Waals surface area contributed by atoms with Gasteiger partial charge in [-0.3, -0.25) is 4.99 Å². The Morgan fingerprint density at radius 1 is 1.46 bits per heavy atom. The highest BCUT2D eigenvalue weighted by Gasteiger charge is 2.24. The van der Waals surface area contributed by atoms with Crippen molar-refractivity contribution in [1.29, 1.82) is 0 Å². The van der Waals surface area contributed by atoms with Gasteiger partial charge in [-0.1, -0.05) is 32.9 Å². The zero-order chi connectivity index (χ0) is 9.90. The Bertz CT molecular complexity index is 258. The molecule has 72 valence electrons. The van der Waals surface area contributed by atoms with E-state index in [4.69, 9.17) is 0 Å². The summed E-state index contributed by atoms with van der Waals surface area (Å²) in [6.45, 7) is 8.80. The summed E-state index contributed by atoms with van der Waals surface area (Å²) in [6.07, 6.45) is 9.47. The van der Waals surface area contributed by atoms with E-state index in [2.05, 4.69) is 44.8 Å². The number of rotatable bonds is 2. The van der Waals surface area contributed by atoms with Gasteiger partial charge in [0.2, 0.25) is 0 Å². The van der Waals surface area contributed by atoms with Crippen LogP contribution in [0.3, 0.4) is 0 Å². The van der Waals surface area contributed by atoms with E-state index in [9.17, 15) is 0 Å². The summed E-state index contributed by atoms with van der Waals surface area (Å²) in [7, 11) is 0. The molecule has 0 N–H and O–H groups in total. The predicted molar refractivity (Wildman–Crippen MR) is 59.2 cm³/mol. The van der Waals surface area contributed by atoms with E-state index >= 15 is 0 Å². The fourth-order valence-electron chi connectivity index (χ4n) is 1.37. The first-order valence-corrected chi connectivity index (χ1v) is 5.02. The van der Waals surface area contributed by atoms with Crippen molar-refractivity contribution in [3.63, 3.8) is 0 Å². The molecule has 0 aromatic carbocycles. The molecule has 1 heterocycles. The van der Waals surface area contributed by atoms with Gasteiger partial charge in [-0.05, 0) is 30.9 Å². The van der Waals surface area contributed by atoms with Crippen LogP contribution < -0.4 is 0 Å². The second kappa shape index (κ2) is 3.91. The minimum atomic E-state index is -0.0190. The average Bonchev–Trinajstić information content (AvgIpc) is 2.28. The minimum absolute atomic E-state index is 0.0190. The molecule has 1 aliphatic heterocycles. The van der Waals surface area contributed by atoms with Crippen molar-refractivity contribution in [2.45, 2.75) is 39.7 Å². The van der Waals surface area contributed by atoms with Crippen molar-refractivity contribution in [2.75, 3.05) is 0 Å². The zero-order valence-corrected chi connectivity index (χ0v) is 9.04. The van der Waals surface area contributed by atoms with Gasteiger partial charge in [0, 0.05) is 6.21 Å². The Morgan fingerprint density at radius 3 is 2.69 bits per heavy atom. The molecule has 1 aliphatic rings. The van der Waals surface area contributed by atoms with Crippen LogP contribution in [0.5, 0.6) is 0 Å². The molecule has 0 fully saturated rings. The zero-order valence-electron chi connectivity index (χ0n) is 9.04. The molecule has 0 aliphatic carbocycles. The van der Waals surface area contributed by atoms with E-state index < -0.39 is 0 Å². The summed E-state index contributed by atoms with van der Waals surface area (Å²) >= 11 is 0. The molecule has 1 unspecified atom stereocenters. The van der Waals surface area contributed by atoms with Gasteiger partial charge in [0.1, 0.15) is 0 Å². The monoisotopic (exact) mass is 177 g/mol. The van der Waals surface area contributed by atoms with E-state index in [1.807, 2.05) is 12.3 Å². The second-order valence-electron chi connectivity index (χ2n) is 4.09. The molecule has 0 bridgehead atoms. The Hall–Kier alpha value is -0.850. The smallest absolute Gasteiger partial charge is 0.0787 e. The van der Waals surface area contributed by atoms with Gasteiger partial charge < -0.3 is 0 Å². The first kappa shape index (κ1) is 10.2. The standard InChI is InChI=1S/C12H19N/c1-5-11-7-6-8-13-12(4,9-11)10(2)3/h6-10H,5H2,1-4H3. The first-order valence-electron chi connectivity index (χ1n) is 5.02. The number of nitrogens with zero attached hydrogens (tertiary/aromatic N) is 1. The normalized spacial score (nSPS) is 27.6. The predicted octanol–water partition coefficient (Wildman–Crippen LogP) is 3.38. The van der Waals surface area contributed by atoms with Gasteiger partial charge >= 0.3 is 0 Å². The summed E-state index contributed by atoms with van der Waals surface area (Å²) < 4.78 is 0. The van der Waals surface area contributed by atoms with Crippen molar-refractivity contribution in [1.82, 2.24) is 0 Å². The third-order valence-corrected chi connectivity index (χ3v) is 2.80. The van der Waals surface area contributed by atoms with E-state index in [-0.39, 0.29) is 5.54 Å². The van der Waals surface area contributed by atoms with Gasteiger partial charge in [0.05, 0.1) is 5.54 Å². The van der Waals surface area contributed by atoms with Gasteiger partial charge in [0.15, 0.2) is 0 Å². The third-order valence-electron chi connectivity index (χ3n) is 2.80. The Balaban J connectivity index is 2.99. The molecule has 0 spiro atoms. The van der Waals surface area contributed by atoms with Crippen LogP contribution in [0, 0.1) is 5.92 Å². The van der Waals surface area contributed by atoms with Gasteiger partial charge in [-0.25, -0.2) is 0 Å². The van der Waals surface area contributed by atoms with E-state index in [1.54, 1.807) is 0 Å². The molecule has 1 nitrogen and oxygen atoms in total. The number of aliphatic imine (C=N–C) groups is 1. The highest BCUT2D eigenvalue weighted by molar-refractivity contribution is 5.73.